The van der Waals surface area contributed by atoms with Crippen LogP contribution in [-0.2, 0) is 63.9 Å². The number of aliphatic hydroxyl groups excluding tert-OH is 1. The number of carbonyl (C=O) groups excluding carboxylic acids is 11. The van der Waals surface area contributed by atoms with Gasteiger partial charge >= 0.3 is 5.97 Å². The number of ether oxygens (including phenoxy) is 1. The molecule has 0 bridgehead atoms. The van der Waals surface area contributed by atoms with Gasteiger partial charge < -0.3 is 69.6 Å². The van der Waals surface area contributed by atoms with E-state index >= 15 is 0 Å². The molecule has 17 atom stereocenters. The van der Waals surface area contributed by atoms with Crippen molar-refractivity contribution in [2.45, 2.75) is 239 Å². The summed E-state index contributed by atoms with van der Waals surface area (Å²) in [6.07, 6.45) is 1.75. The SMILES string of the molecule is C=C(N)NCCCC[C@@H]1NC(=O)[C@H](C)CC(=O)[C@H](NC(=O)[C@H](CO)CC(=O)[C@@H](NC(=O)[C@H](CC(=O)[C@@H](CCC(N)=O)NC(=O)[C@H](CCCCN)NC(=O)[C@@H](NC(=O)[C@@H](Cc2ccccc2)NC)[C@@H](C)CC)[C@@H](C)CC)[C@@H](C)CC)[C@H](C)OC(=O)[C@H]([C@@H](C)CC)NC1C. The molecule has 1 aromatic carbocycles. The summed E-state index contributed by atoms with van der Waals surface area (Å²) in [6, 6.07) is 0.520. The minimum atomic E-state index is -1.51. The van der Waals surface area contributed by atoms with Gasteiger partial charge in [-0.3, -0.25) is 58.1 Å². The highest BCUT2D eigenvalue weighted by molar-refractivity contribution is 5.99. The number of hydrogen-bond acceptors (Lipinski definition) is 18. The zero-order valence-electron chi connectivity index (χ0n) is 56.9. The van der Waals surface area contributed by atoms with E-state index in [1.165, 1.54) is 6.92 Å². The predicted molar refractivity (Wildman–Crippen MR) is 353 cm³/mol. The number of rotatable bonds is 41. The van der Waals surface area contributed by atoms with Crippen LogP contribution in [0, 0.1) is 41.4 Å². The number of primary amides is 1. The molecular weight excluding hydrogens is 1180 g/mol. The van der Waals surface area contributed by atoms with Crippen molar-refractivity contribution in [1.82, 2.24) is 47.9 Å². The second-order valence-corrected chi connectivity index (χ2v) is 25.5. The van der Waals surface area contributed by atoms with E-state index in [9.17, 15) is 57.8 Å². The third kappa shape index (κ3) is 27.4. The molecule has 0 aromatic heterocycles. The summed E-state index contributed by atoms with van der Waals surface area (Å²) in [5.74, 6) is -12.0. The molecule has 1 fully saturated rings. The Balaban J connectivity index is 2.45. The van der Waals surface area contributed by atoms with Crippen LogP contribution >= 0.6 is 0 Å². The Bertz CT molecular complexity index is 2560. The van der Waals surface area contributed by atoms with Crippen LogP contribution in [0.3, 0.4) is 0 Å². The van der Waals surface area contributed by atoms with E-state index in [4.69, 9.17) is 21.9 Å². The number of esters is 1. The van der Waals surface area contributed by atoms with Gasteiger partial charge in [-0.15, -0.1) is 0 Å². The van der Waals surface area contributed by atoms with E-state index < -0.39 is 174 Å². The number of carbonyl (C=O) groups is 11. The fourth-order valence-electron chi connectivity index (χ4n) is 11.1. The lowest BCUT2D eigenvalue weighted by Gasteiger charge is -2.33. The van der Waals surface area contributed by atoms with Gasteiger partial charge in [0.2, 0.25) is 41.4 Å². The van der Waals surface area contributed by atoms with Gasteiger partial charge in [-0.05, 0) is 108 Å². The summed E-state index contributed by atoms with van der Waals surface area (Å²) in [4.78, 5) is 155. The molecule has 25 nitrogen and oxygen atoms in total. The van der Waals surface area contributed by atoms with Crippen molar-refractivity contribution >= 4 is 64.7 Å². The Labute approximate surface area is 546 Å². The smallest absolute Gasteiger partial charge is 0.323 e. The predicted octanol–water partition coefficient (Wildman–Crippen LogP) is 2.52. The molecular formula is C67H114N12O13. The molecule has 16 N–H and O–H groups in total. The number of likely N-dealkylation sites (N-methyl/N-ethyl adjacent to an activating group) is 1. The molecule has 1 aromatic rings. The van der Waals surface area contributed by atoms with E-state index in [1.54, 1.807) is 41.7 Å². The van der Waals surface area contributed by atoms with E-state index in [1.807, 2.05) is 65.0 Å². The summed E-state index contributed by atoms with van der Waals surface area (Å²) in [7, 11) is 1.65. The van der Waals surface area contributed by atoms with Crippen LogP contribution in [0.2, 0.25) is 0 Å². The number of hydrogen-bond donors (Lipinski definition) is 13. The van der Waals surface area contributed by atoms with Crippen LogP contribution in [0.4, 0.5) is 0 Å². The number of ketones is 3. The van der Waals surface area contributed by atoms with Gasteiger partial charge in [-0.25, -0.2) is 0 Å². The van der Waals surface area contributed by atoms with Crippen molar-refractivity contribution in [2.75, 3.05) is 26.7 Å². The van der Waals surface area contributed by atoms with Crippen molar-refractivity contribution in [3.8, 4) is 0 Å². The van der Waals surface area contributed by atoms with Gasteiger partial charge in [0.25, 0.3) is 0 Å². The second kappa shape index (κ2) is 42.4. The standard InChI is InChI=1S/C67H114N12O13/c1-14-38(5)48(36-53(81)50(29-30-56(70)84)75-64(88)51(28-21-23-31-68)76-66(90)58(40(7)16-3)78-65(89)52(71-13)34-46-25-19-18-20-26-46)63(87)77-57(39(6)15-2)55(83)35-47(37-80)62(86)79-60-44(11)92-67(91)59(41(8)17-4)73-43(10)49(27-22-24-32-72-45(12)69)74-61(85)42(9)33-54(60)82/h18-20,25-26,38-44,47-52,57-60,71-73,80H,12,14-17,21-24,27-37,68-69H2,1-11,13H3,(H2,70,84)(H,74,85)(H,75,88)(H,76,90)(H,77,87)(H,78,89)(H,79,86)/t38-,39-,40-,41-,42+,43?,44-,47-,48+,49-,50+,51-,52+,57-,58-,59-,60+/m0/s1. The first-order valence-electron chi connectivity index (χ1n) is 33.4. The first kappa shape index (κ1) is 81.3. The van der Waals surface area contributed by atoms with Crippen molar-refractivity contribution in [3.05, 3.63) is 48.3 Å². The van der Waals surface area contributed by atoms with Gasteiger partial charge in [0.15, 0.2) is 17.3 Å². The number of nitrogens with one attached hydrogen (secondary N) is 9. The molecule has 1 aliphatic heterocycles. The molecule has 92 heavy (non-hydrogen) atoms. The molecule has 1 unspecified atom stereocenters. The molecule has 1 saturated heterocycles. The van der Waals surface area contributed by atoms with Crippen LogP contribution in [0.1, 0.15) is 178 Å². The van der Waals surface area contributed by atoms with Crippen LogP contribution < -0.4 is 65.1 Å². The summed E-state index contributed by atoms with van der Waals surface area (Å²) in [5.41, 5.74) is 18.0. The highest BCUT2D eigenvalue weighted by Gasteiger charge is 2.41. The number of Topliss-reactive ketones (excluding diaryl/α,β-unsaturated/α-hetero) is 3. The van der Waals surface area contributed by atoms with Crippen LogP contribution in [0.25, 0.3) is 0 Å². The monoisotopic (exact) mass is 1290 g/mol. The van der Waals surface area contributed by atoms with Crippen LogP contribution in [0.5, 0.6) is 0 Å². The molecule has 1 heterocycles. The number of unbranched alkanes of at least 4 members (excludes halogenated alkanes) is 2. The molecule has 1 aliphatic rings. The van der Waals surface area contributed by atoms with E-state index in [0.717, 1.165) is 5.56 Å². The Morgan fingerprint density at radius 2 is 1.32 bits per heavy atom. The number of aliphatic hydroxyl groups is 1. The zero-order chi connectivity index (χ0) is 69.4. The maximum atomic E-state index is 14.6. The highest BCUT2D eigenvalue weighted by Crippen LogP contribution is 2.25. The highest BCUT2D eigenvalue weighted by atomic mass is 16.5. The number of benzene rings is 1. The lowest BCUT2D eigenvalue weighted by atomic mass is 9.83. The lowest BCUT2D eigenvalue weighted by Crippen LogP contribution is -2.59. The van der Waals surface area contributed by atoms with Crippen molar-refractivity contribution < 1.29 is 62.6 Å². The Morgan fingerprint density at radius 3 is 1.89 bits per heavy atom. The van der Waals surface area contributed by atoms with Crippen molar-refractivity contribution in [2.24, 2.45) is 58.6 Å². The molecule has 25 heteroatoms. The molecule has 0 aliphatic carbocycles. The molecule has 2 rings (SSSR count). The summed E-state index contributed by atoms with van der Waals surface area (Å²) in [6.45, 7) is 23.0. The third-order valence-electron chi connectivity index (χ3n) is 18.2. The topological polar surface area (TPSA) is 404 Å². The number of cyclic esters (lactones) is 1. The van der Waals surface area contributed by atoms with E-state index in [-0.39, 0.29) is 44.1 Å². The molecule has 0 radical (unpaired) electrons. The van der Waals surface area contributed by atoms with Crippen molar-refractivity contribution in [3.63, 3.8) is 0 Å². The number of nitrogens with two attached hydrogens (primary N) is 3. The summed E-state index contributed by atoms with van der Waals surface area (Å²) < 4.78 is 5.97. The van der Waals surface area contributed by atoms with Gasteiger partial charge in [0.1, 0.15) is 30.3 Å². The van der Waals surface area contributed by atoms with Gasteiger partial charge in [-0.2, -0.15) is 0 Å². The van der Waals surface area contributed by atoms with Gasteiger partial charge in [0, 0.05) is 56.1 Å². The van der Waals surface area contributed by atoms with E-state index in [2.05, 4.69) is 54.4 Å². The largest absolute Gasteiger partial charge is 0.459 e. The summed E-state index contributed by atoms with van der Waals surface area (Å²) in [5, 5.41) is 37.1. The average Bonchev–Trinajstić information content (AvgIpc) is 1.28. The summed E-state index contributed by atoms with van der Waals surface area (Å²) >= 11 is 0. The molecule has 7 amide bonds. The zero-order valence-corrected chi connectivity index (χ0v) is 56.9. The second-order valence-electron chi connectivity index (χ2n) is 25.5. The maximum Gasteiger partial charge on any atom is 0.323 e. The Kier molecular flexibility index (Phi) is 37.5. The van der Waals surface area contributed by atoms with Gasteiger partial charge in [0.05, 0.1) is 36.5 Å². The normalized spacial score (nSPS) is 21.7. The lowest BCUT2D eigenvalue weighted by molar-refractivity contribution is -0.156. The first-order chi connectivity index (χ1) is 43.5. The number of amides is 7. The fraction of sp³-hybridized carbons (Fsp3) is 0.716. The van der Waals surface area contributed by atoms with E-state index in [0.29, 0.717) is 76.6 Å². The Morgan fingerprint density at radius 1 is 0.707 bits per heavy atom. The maximum absolute atomic E-state index is 14.6. The minimum Gasteiger partial charge on any atom is -0.459 e. The molecule has 0 saturated carbocycles. The molecule has 520 valence electrons. The minimum absolute atomic E-state index is 0.0960. The van der Waals surface area contributed by atoms with Crippen LogP contribution in [0.15, 0.2) is 42.7 Å². The molecule has 0 spiro atoms. The first-order valence-corrected chi connectivity index (χ1v) is 33.4. The Hall–Kier alpha value is -6.83. The quantitative estimate of drug-likeness (QED) is 0.0331. The fourth-order valence-corrected chi connectivity index (χ4v) is 11.1. The van der Waals surface area contributed by atoms with Crippen molar-refractivity contribution in [1.29, 1.82) is 0 Å². The van der Waals surface area contributed by atoms with Gasteiger partial charge in [-0.1, -0.05) is 125 Å². The average molecular weight is 1300 g/mol. The van der Waals surface area contributed by atoms with Crippen LogP contribution in [-0.4, -0.2) is 157 Å². The third-order valence-corrected chi connectivity index (χ3v) is 18.2.